The van der Waals surface area contributed by atoms with Gasteiger partial charge in [-0.25, -0.2) is 9.97 Å². The van der Waals surface area contributed by atoms with Gasteiger partial charge in [0.2, 0.25) is 0 Å². The highest BCUT2D eigenvalue weighted by atomic mass is 32.1. The summed E-state index contributed by atoms with van der Waals surface area (Å²) in [6.45, 7) is 1.95. The van der Waals surface area contributed by atoms with Gasteiger partial charge in [0.1, 0.15) is 15.4 Å². The van der Waals surface area contributed by atoms with Crippen molar-refractivity contribution in [2.75, 3.05) is 0 Å². The van der Waals surface area contributed by atoms with E-state index >= 15 is 0 Å². The number of hydrogen-bond donors (Lipinski definition) is 0. The van der Waals surface area contributed by atoms with E-state index < -0.39 is 0 Å². The first-order valence-electron chi connectivity index (χ1n) is 3.89. The second kappa shape index (κ2) is 3.11. The lowest BCUT2D eigenvalue weighted by molar-refractivity contribution is 1.20. The summed E-state index contributed by atoms with van der Waals surface area (Å²) in [5.74, 6) is 0. The van der Waals surface area contributed by atoms with Crippen LogP contribution in [-0.4, -0.2) is 9.97 Å². The Morgan fingerprint density at radius 3 is 3.08 bits per heavy atom. The summed E-state index contributed by atoms with van der Waals surface area (Å²) < 4.78 is 0. The molecule has 0 aliphatic heterocycles. The number of aryl methyl sites for hydroxylation is 1. The van der Waals surface area contributed by atoms with Crippen LogP contribution in [0.1, 0.15) is 10.7 Å². The topological polar surface area (TPSA) is 49.6 Å². The van der Waals surface area contributed by atoms with Gasteiger partial charge in [0.15, 0.2) is 0 Å². The Morgan fingerprint density at radius 2 is 2.31 bits per heavy atom. The fourth-order valence-electron chi connectivity index (χ4n) is 1.10. The number of aromatic nitrogens is 2. The van der Waals surface area contributed by atoms with Crippen LogP contribution in [0.15, 0.2) is 12.1 Å². The van der Waals surface area contributed by atoms with Gasteiger partial charge in [-0.2, -0.15) is 5.26 Å². The molecule has 0 aliphatic carbocycles. The fourth-order valence-corrected chi connectivity index (χ4v) is 2.01. The van der Waals surface area contributed by atoms with E-state index in [1.54, 1.807) is 0 Å². The Labute approximate surface area is 79.7 Å². The monoisotopic (exact) mass is 189 g/mol. The molecule has 0 fully saturated rings. The Balaban J connectivity index is 2.57. The van der Waals surface area contributed by atoms with E-state index in [1.165, 1.54) is 11.3 Å². The van der Waals surface area contributed by atoms with Crippen LogP contribution < -0.4 is 0 Å². The number of thiazole rings is 1. The molecule has 0 spiro atoms. The SMILES string of the molecule is Cc1ccc2nc(CC#N)sc2n1. The predicted molar refractivity (Wildman–Crippen MR) is 51.5 cm³/mol. The molecule has 0 atom stereocenters. The van der Waals surface area contributed by atoms with E-state index in [0.717, 1.165) is 21.0 Å². The van der Waals surface area contributed by atoms with Crippen molar-refractivity contribution < 1.29 is 0 Å². The van der Waals surface area contributed by atoms with Crippen LogP contribution in [0, 0.1) is 18.3 Å². The predicted octanol–water partition coefficient (Wildman–Crippen LogP) is 2.07. The third kappa shape index (κ3) is 1.51. The van der Waals surface area contributed by atoms with Crippen LogP contribution in [0.25, 0.3) is 10.3 Å². The minimum atomic E-state index is 0.375. The van der Waals surface area contributed by atoms with Crippen molar-refractivity contribution in [3.63, 3.8) is 0 Å². The van der Waals surface area contributed by atoms with Crippen LogP contribution in [0.4, 0.5) is 0 Å². The minimum absolute atomic E-state index is 0.375. The second-order valence-corrected chi connectivity index (χ2v) is 3.78. The summed E-state index contributed by atoms with van der Waals surface area (Å²) in [7, 11) is 0. The van der Waals surface area contributed by atoms with E-state index in [0.29, 0.717) is 6.42 Å². The highest BCUT2D eigenvalue weighted by molar-refractivity contribution is 7.18. The molecule has 0 saturated carbocycles. The Hall–Kier alpha value is -1.47. The zero-order valence-corrected chi connectivity index (χ0v) is 7.93. The van der Waals surface area contributed by atoms with Crippen molar-refractivity contribution in [1.29, 1.82) is 5.26 Å². The third-order valence-electron chi connectivity index (χ3n) is 1.67. The van der Waals surface area contributed by atoms with Gasteiger partial charge in [-0.15, -0.1) is 0 Å². The van der Waals surface area contributed by atoms with Gasteiger partial charge in [0.05, 0.1) is 12.5 Å². The highest BCUT2D eigenvalue weighted by Crippen LogP contribution is 2.20. The van der Waals surface area contributed by atoms with Gasteiger partial charge in [-0.1, -0.05) is 11.3 Å². The van der Waals surface area contributed by atoms with E-state index in [4.69, 9.17) is 5.26 Å². The smallest absolute Gasteiger partial charge is 0.143 e. The number of pyridine rings is 1. The number of nitrogens with zero attached hydrogens (tertiary/aromatic N) is 3. The number of rotatable bonds is 1. The molecule has 0 aliphatic rings. The maximum absolute atomic E-state index is 8.50. The highest BCUT2D eigenvalue weighted by Gasteiger charge is 2.03. The van der Waals surface area contributed by atoms with E-state index in [9.17, 15) is 0 Å². The molecule has 0 N–H and O–H groups in total. The molecule has 2 aromatic heterocycles. The van der Waals surface area contributed by atoms with E-state index in [1.807, 2.05) is 19.1 Å². The minimum Gasteiger partial charge on any atom is -0.241 e. The van der Waals surface area contributed by atoms with Crippen molar-refractivity contribution in [2.45, 2.75) is 13.3 Å². The van der Waals surface area contributed by atoms with Crippen molar-refractivity contribution in [1.82, 2.24) is 9.97 Å². The molecular formula is C9H7N3S. The third-order valence-corrected chi connectivity index (χ3v) is 2.63. The molecule has 4 heteroatoms. The lowest BCUT2D eigenvalue weighted by Gasteiger charge is -1.87. The molecule has 0 saturated heterocycles. The Kier molecular flexibility index (Phi) is 1.95. The lowest BCUT2D eigenvalue weighted by Crippen LogP contribution is -1.78. The average molecular weight is 189 g/mol. The molecule has 64 valence electrons. The van der Waals surface area contributed by atoms with E-state index in [2.05, 4.69) is 16.0 Å². The molecule has 13 heavy (non-hydrogen) atoms. The summed E-state index contributed by atoms with van der Waals surface area (Å²) in [6, 6.07) is 5.95. The van der Waals surface area contributed by atoms with Crippen LogP contribution in [0.3, 0.4) is 0 Å². The standard InChI is InChI=1S/C9H7N3S/c1-6-2-3-7-9(11-6)13-8(12-7)4-5-10/h2-3H,4H2,1H3. The van der Waals surface area contributed by atoms with Crippen molar-refractivity contribution >= 4 is 21.7 Å². The summed E-state index contributed by atoms with van der Waals surface area (Å²) in [6.07, 6.45) is 0.375. The fraction of sp³-hybridized carbons (Fsp3) is 0.222. The largest absolute Gasteiger partial charge is 0.241 e. The zero-order valence-electron chi connectivity index (χ0n) is 7.11. The van der Waals surface area contributed by atoms with Crippen LogP contribution >= 0.6 is 11.3 Å². The molecule has 0 bridgehead atoms. The Morgan fingerprint density at radius 1 is 1.46 bits per heavy atom. The van der Waals surface area contributed by atoms with Gasteiger partial charge in [-0.3, -0.25) is 0 Å². The quantitative estimate of drug-likeness (QED) is 0.690. The number of hydrogen-bond acceptors (Lipinski definition) is 4. The first-order chi connectivity index (χ1) is 6.29. The molecule has 2 rings (SSSR count). The van der Waals surface area contributed by atoms with Crippen LogP contribution in [0.2, 0.25) is 0 Å². The lowest BCUT2D eigenvalue weighted by atomic mass is 10.4. The zero-order chi connectivity index (χ0) is 9.26. The number of fused-ring (bicyclic) bond motifs is 1. The van der Waals surface area contributed by atoms with Gasteiger partial charge < -0.3 is 0 Å². The Bertz CT molecular complexity index is 481. The summed E-state index contributed by atoms with van der Waals surface area (Å²) in [5.41, 5.74) is 1.88. The van der Waals surface area contributed by atoms with E-state index in [-0.39, 0.29) is 0 Å². The first-order valence-corrected chi connectivity index (χ1v) is 4.71. The molecule has 0 amide bonds. The molecular weight excluding hydrogens is 182 g/mol. The first kappa shape index (κ1) is 8.14. The van der Waals surface area contributed by atoms with Gasteiger partial charge >= 0.3 is 0 Å². The second-order valence-electron chi connectivity index (χ2n) is 2.72. The summed E-state index contributed by atoms with van der Waals surface area (Å²) in [4.78, 5) is 9.52. The van der Waals surface area contributed by atoms with Gasteiger partial charge in [0, 0.05) is 5.69 Å². The number of nitriles is 1. The molecule has 0 radical (unpaired) electrons. The maximum atomic E-state index is 8.50. The maximum Gasteiger partial charge on any atom is 0.143 e. The molecule has 2 aromatic rings. The normalized spacial score (nSPS) is 10.2. The molecule has 0 unspecified atom stereocenters. The molecule has 2 heterocycles. The summed E-state index contributed by atoms with van der Waals surface area (Å²) in [5, 5.41) is 9.34. The summed E-state index contributed by atoms with van der Waals surface area (Å²) >= 11 is 1.49. The van der Waals surface area contributed by atoms with Crippen LogP contribution in [-0.2, 0) is 6.42 Å². The molecule has 3 nitrogen and oxygen atoms in total. The van der Waals surface area contributed by atoms with Crippen molar-refractivity contribution in [2.24, 2.45) is 0 Å². The van der Waals surface area contributed by atoms with Crippen molar-refractivity contribution in [3.8, 4) is 6.07 Å². The van der Waals surface area contributed by atoms with Gasteiger partial charge in [0.25, 0.3) is 0 Å². The van der Waals surface area contributed by atoms with Crippen LogP contribution in [0.5, 0.6) is 0 Å². The molecule has 0 aromatic carbocycles. The van der Waals surface area contributed by atoms with Crippen molar-refractivity contribution in [3.05, 3.63) is 22.8 Å². The van der Waals surface area contributed by atoms with Gasteiger partial charge in [-0.05, 0) is 19.1 Å². The average Bonchev–Trinajstić information content (AvgIpc) is 2.46.